The van der Waals surface area contributed by atoms with E-state index in [0.717, 1.165) is 16.8 Å². The molecule has 4 rings (SSSR count). The maximum atomic E-state index is 11.3. The van der Waals surface area contributed by atoms with Crippen LogP contribution in [0.3, 0.4) is 0 Å². The van der Waals surface area contributed by atoms with E-state index in [0.29, 0.717) is 35.3 Å². The third-order valence-electron chi connectivity index (χ3n) is 5.33. The number of nitrogens with one attached hydrogen (secondary N) is 1. The molecule has 0 amide bonds. The Labute approximate surface area is 202 Å². The summed E-state index contributed by atoms with van der Waals surface area (Å²) >= 11 is 0. The number of methoxy groups -OCH3 is 2. The normalized spacial score (nSPS) is 10.6. The number of nitrogens with zero attached hydrogens (tertiary/aromatic N) is 4. The van der Waals surface area contributed by atoms with Crippen molar-refractivity contribution in [2.45, 2.75) is 20.1 Å². The number of hydrogen-bond donors (Lipinski definition) is 2. The molecule has 0 saturated heterocycles. The molecule has 35 heavy (non-hydrogen) atoms. The van der Waals surface area contributed by atoms with Gasteiger partial charge in [-0.3, -0.25) is 0 Å². The van der Waals surface area contributed by atoms with Crippen LogP contribution in [0.15, 0.2) is 60.7 Å². The Morgan fingerprint density at radius 1 is 0.971 bits per heavy atom. The molecule has 4 aromatic rings. The first-order valence-electron chi connectivity index (χ1n) is 10.8. The lowest BCUT2D eigenvalue weighted by atomic mass is 10.1. The third-order valence-corrected chi connectivity index (χ3v) is 5.33. The number of aromatic carboxylic acids is 1. The minimum atomic E-state index is -1.01. The minimum Gasteiger partial charge on any atom is -0.495 e. The van der Waals surface area contributed by atoms with Crippen molar-refractivity contribution >= 4 is 11.7 Å². The van der Waals surface area contributed by atoms with Crippen LogP contribution in [0.2, 0.25) is 0 Å². The van der Waals surface area contributed by atoms with Gasteiger partial charge in [0.1, 0.15) is 5.75 Å². The summed E-state index contributed by atoms with van der Waals surface area (Å²) in [5, 5.41) is 24.4. The summed E-state index contributed by atoms with van der Waals surface area (Å²) < 4.78 is 18.4. The zero-order valence-corrected chi connectivity index (χ0v) is 19.6. The van der Waals surface area contributed by atoms with E-state index in [1.807, 2.05) is 43.3 Å². The lowest BCUT2D eigenvalue weighted by molar-refractivity contribution is 0.0697. The van der Waals surface area contributed by atoms with E-state index >= 15 is 0 Å². The first kappa shape index (κ1) is 23.6. The lowest BCUT2D eigenvalue weighted by Gasteiger charge is -2.14. The molecule has 0 unspecified atom stereocenters. The number of rotatable bonds is 10. The third kappa shape index (κ3) is 5.49. The van der Waals surface area contributed by atoms with E-state index in [1.165, 1.54) is 19.2 Å². The van der Waals surface area contributed by atoms with Crippen LogP contribution in [0, 0.1) is 6.92 Å². The van der Waals surface area contributed by atoms with Gasteiger partial charge in [-0.1, -0.05) is 23.8 Å². The van der Waals surface area contributed by atoms with Crippen LogP contribution in [0.4, 0.5) is 5.69 Å². The van der Waals surface area contributed by atoms with E-state index in [1.54, 1.807) is 23.9 Å². The highest BCUT2D eigenvalue weighted by atomic mass is 16.5. The highest BCUT2D eigenvalue weighted by Crippen LogP contribution is 2.30. The standard InChI is InChI=1S/C25H25N5O5/c1-16-4-8-19(9-5-16)30-24(27-28-29-30)15-35-22-10-6-17(12-23(22)34-3)14-26-20-13-18(25(31)32)7-11-21(20)33-2/h4-13,26H,14-15H2,1-3H3,(H,31,32). The minimum absolute atomic E-state index is 0.147. The summed E-state index contributed by atoms with van der Waals surface area (Å²) in [4.78, 5) is 11.3. The van der Waals surface area contributed by atoms with Crippen molar-refractivity contribution in [1.29, 1.82) is 0 Å². The Morgan fingerprint density at radius 2 is 1.71 bits per heavy atom. The van der Waals surface area contributed by atoms with Crippen LogP contribution in [0.5, 0.6) is 17.2 Å². The predicted molar refractivity (Wildman–Crippen MR) is 128 cm³/mol. The Hall–Kier alpha value is -4.60. The Kier molecular flexibility index (Phi) is 7.10. The number of aryl methyl sites for hydroxylation is 1. The number of benzene rings is 3. The van der Waals surface area contributed by atoms with Gasteiger partial charge in [-0.2, -0.15) is 4.68 Å². The largest absolute Gasteiger partial charge is 0.495 e. The van der Waals surface area contributed by atoms with Crippen molar-refractivity contribution < 1.29 is 24.1 Å². The summed E-state index contributed by atoms with van der Waals surface area (Å²) in [5.41, 5.74) is 3.64. The van der Waals surface area contributed by atoms with Crippen molar-refractivity contribution in [1.82, 2.24) is 20.2 Å². The van der Waals surface area contributed by atoms with Crippen LogP contribution in [-0.4, -0.2) is 45.5 Å². The van der Waals surface area contributed by atoms with Gasteiger partial charge in [-0.05, 0) is 65.4 Å². The number of carboxylic acids is 1. The Bertz CT molecular complexity index is 1320. The maximum absolute atomic E-state index is 11.3. The molecule has 1 aromatic heterocycles. The monoisotopic (exact) mass is 475 g/mol. The smallest absolute Gasteiger partial charge is 0.335 e. The number of aromatic nitrogens is 4. The number of tetrazole rings is 1. The second kappa shape index (κ2) is 10.6. The summed E-state index contributed by atoms with van der Waals surface area (Å²) in [6, 6.07) is 18.1. The van der Waals surface area contributed by atoms with Crippen molar-refractivity contribution in [3.05, 3.63) is 83.2 Å². The quantitative estimate of drug-likeness (QED) is 0.352. The van der Waals surface area contributed by atoms with Gasteiger partial charge in [-0.15, -0.1) is 5.10 Å². The van der Waals surface area contributed by atoms with Crippen LogP contribution in [-0.2, 0) is 13.2 Å². The second-order valence-corrected chi connectivity index (χ2v) is 7.69. The molecule has 1 heterocycles. The Balaban J connectivity index is 1.45. The fourth-order valence-electron chi connectivity index (χ4n) is 3.44. The van der Waals surface area contributed by atoms with E-state index in [-0.39, 0.29) is 12.2 Å². The van der Waals surface area contributed by atoms with Gasteiger partial charge in [0.05, 0.1) is 31.2 Å². The fourth-order valence-corrected chi connectivity index (χ4v) is 3.44. The first-order chi connectivity index (χ1) is 17.0. The highest BCUT2D eigenvalue weighted by molar-refractivity contribution is 5.89. The molecule has 0 radical (unpaired) electrons. The molecule has 10 nitrogen and oxygen atoms in total. The van der Waals surface area contributed by atoms with Crippen LogP contribution >= 0.6 is 0 Å². The maximum Gasteiger partial charge on any atom is 0.335 e. The number of carboxylic acid groups (broad SMARTS) is 1. The molecule has 0 bridgehead atoms. The number of ether oxygens (including phenoxy) is 3. The van der Waals surface area contributed by atoms with Gasteiger partial charge in [0.2, 0.25) is 0 Å². The molecule has 0 saturated carbocycles. The zero-order valence-electron chi connectivity index (χ0n) is 19.6. The molecule has 0 spiro atoms. The predicted octanol–water partition coefficient (Wildman–Crippen LogP) is 3.88. The highest BCUT2D eigenvalue weighted by Gasteiger charge is 2.13. The second-order valence-electron chi connectivity index (χ2n) is 7.69. The van der Waals surface area contributed by atoms with Crippen molar-refractivity contribution in [3.8, 4) is 22.9 Å². The molecule has 180 valence electrons. The topological polar surface area (TPSA) is 121 Å². The number of hydrogen-bond acceptors (Lipinski definition) is 8. The average Bonchev–Trinajstić information content (AvgIpc) is 3.35. The van der Waals surface area contributed by atoms with Gasteiger partial charge in [-0.25, -0.2) is 4.79 Å². The first-order valence-corrected chi connectivity index (χ1v) is 10.8. The van der Waals surface area contributed by atoms with E-state index in [2.05, 4.69) is 20.8 Å². The molecule has 0 aliphatic rings. The van der Waals surface area contributed by atoms with E-state index in [9.17, 15) is 9.90 Å². The van der Waals surface area contributed by atoms with Crippen LogP contribution in [0.1, 0.15) is 27.3 Å². The molecule has 2 N–H and O–H groups in total. The van der Waals surface area contributed by atoms with Crippen LogP contribution in [0.25, 0.3) is 5.69 Å². The molecule has 0 aliphatic heterocycles. The molecule has 0 fully saturated rings. The summed E-state index contributed by atoms with van der Waals surface area (Å²) in [6.07, 6.45) is 0. The molecular weight excluding hydrogens is 450 g/mol. The molecule has 0 aliphatic carbocycles. The molecular formula is C25H25N5O5. The fraction of sp³-hybridized carbons (Fsp3) is 0.200. The molecule has 0 atom stereocenters. The molecule has 3 aromatic carbocycles. The summed E-state index contributed by atoms with van der Waals surface area (Å²) in [6.45, 7) is 2.58. The van der Waals surface area contributed by atoms with Gasteiger partial charge in [0.15, 0.2) is 23.9 Å². The van der Waals surface area contributed by atoms with E-state index < -0.39 is 5.97 Å². The van der Waals surface area contributed by atoms with Gasteiger partial charge < -0.3 is 24.6 Å². The molecule has 10 heteroatoms. The van der Waals surface area contributed by atoms with Gasteiger partial charge >= 0.3 is 5.97 Å². The zero-order chi connectivity index (χ0) is 24.8. The Morgan fingerprint density at radius 3 is 2.43 bits per heavy atom. The lowest BCUT2D eigenvalue weighted by Crippen LogP contribution is -2.08. The summed E-state index contributed by atoms with van der Waals surface area (Å²) in [5.74, 6) is 1.18. The average molecular weight is 476 g/mol. The van der Waals surface area contributed by atoms with Gasteiger partial charge in [0, 0.05) is 6.54 Å². The van der Waals surface area contributed by atoms with Crippen molar-refractivity contribution in [2.24, 2.45) is 0 Å². The summed E-state index contributed by atoms with van der Waals surface area (Å²) in [7, 11) is 3.10. The SMILES string of the molecule is COc1ccc(C(=O)O)cc1NCc1ccc(OCc2nnnn2-c2ccc(C)cc2)c(OC)c1. The number of anilines is 1. The van der Waals surface area contributed by atoms with Crippen molar-refractivity contribution in [3.63, 3.8) is 0 Å². The van der Waals surface area contributed by atoms with Crippen LogP contribution < -0.4 is 19.5 Å². The number of carbonyl (C=O) groups is 1. The van der Waals surface area contributed by atoms with E-state index in [4.69, 9.17) is 14.2 Å². The van der Waals surface area contributed by atoms with Crippen molar-refractivity contribution in [2.75, 3.05) is 19.5 Å². The van der Waals surface area contributed by atoms with Gasteiger partial charge in [0.25, 0.3) is 0 Å².